The summed E-state index contributed by atoms with van der Waals surface area (Å²) in [5.41, 5.74) is 1.69. The molecule has 0 aliphatic rings. The zero-order valence-electron chi connectivity index (χ0n) is 20.9. The second-order valence-electron chi connectivity index (χ2n) is 8.65. The molecule has 3 N–H and O–H groups in total. The average molecular weight is 510 g/mol. The topological polar surface area (TPSA) is 102 Å². The monoisotopic (exact) mass is 509 g/mol. The van der Waals surface area contributed by atoms with Crippen molar-refractivity contribution >= 4 is 21.6 Å². The van der Waals surface area contributed by atoms with Crippen LogP contribution in [0.1, 0.15) is 55.5 Å². The van der Waals surface area contributed by atoms with Gasteiger partial charge in [0.2, 0.25) is 10.0 Å². The van der Waals surface area contributed by atoms with Gasteiger partial charge in [0.05, 0.1) is 5.69 Å². The average Bonchev–Trinajstić information content (AvgIpc) is 2.88. The van der Waals surface area contributed by atoms with Crippen molar-refractivity contribution in [3.8, 4) is 11.5 Å². The van der Waals surface area contributed by atoms with Crippen molar-refractivity contribution < 1.29 is 17.9 Å². The van der Waals surface area contributed by atoms with E-state index in [2.05, 4.69) is 24.1 Å². The van der Waals surface area contributed by atoms with Gasteiger partial charge in [-0.05, 0) is 42.7 Å². The molecule has 0 unspecified atom stereocenters. The summed E-state index contributed by atoms with van der Waals surface area (Å²) >= 11 is 0. The standard InChI is InChI=1S/C28H35N3O4S/c1-3-5-17-31(18-6-4-2)25-19-23(28(32)30-21-22-13-9-7-10-14-22)20-26(36(29,33)34)27(25)35-24-15-11-8-12-16-24/h7-16,19-20H,3-6,17-18,21H2,1-2H3,(H,30,32)(H2,29,33,34). The number of primary sulfonamides is 1. The zero-order valence-corrected chi connectivity index (χ0v) is 21.8. The molecular weight excluding hydrogens is 474 g/mol. The number of para-hydroxylation sites is 1. The van der Waals surface area contributed by atoms with E-state index in [1.165, 1.54) is 6.07 Å². The molecule has 0 heterocycles. The number of nitrogens with one attached hydrogen (secondary N) is 1. The van der Waals surface area contributed by atoms with E-state index in [9.17, 15) is 13.2 Å². The summed E-state index contributed by atoms with van der Waals surface area (Å²) in [6, 6.07) is 21.5. The van der Waals surface area contributed by atoms with E-state index in [1.54, 1.807) is 18.2 Å². The van der Waals surface area contributed by atoms with Gasteiger partial charge in [-0.25, -0.2) is 13.6 Å². The van der Waals surface area contributed by atoms with Crippen LogP contribution in [0.15, 0.2) is 77.7 Å². The predicted molar refractivity (Wildman–Crippen MR) is 144 cm³/mol. The van der Waals surface area contributed by atoms with Crippen LogP contribution in [0.3, 0.4) is 0 Å². The van der Waals surface area contributed by atoms with Crippen molar-refractivity contribution in [2.45, 2.75) is 51.0 Å². The Morgan fingerprint density at radius 2 is 1.50 bits per heavy atom. The molecule has 0 atom stereocenters. The second-order valence-corrected chi connectivity index (χ2v) is 10.2. The maximum atomic E-state index is 13.2. The fraction of sp³-hybridized carbons (Fsp3) is 0.321. The molecule has 0 aliphatic carbocycles. The molecular formula is C28H35N3O4S. The van der Waals surface area contributed by atoms with Crippen LogP contribution >= 0.6 is 0 Å². The highest BCUT2D eigenvalue weighted by Gasteiger charge is 2.26. The molecule has 3 aromatic carbocycles. The number of hydrogen-bond donors (Lipinski definition) is 2. The first-order valence-electron chi connectivity index (χ1n) is 12.3. The molecule has 0 saturated carbocycles. The second kappa shape index (κ2) is 13.1. The Balaban J connectivity index is 2.10. The number of carbonyl (C=O) groups excluding carboxylic acids is 1. The highest BCUT2D eigenvalue weighted by molar-refractivity contribution is 7.89. The van der Waals surface area contributed by atoms with Crippen LogP contribution in [0.25, 0.3) is 0 Å². The number of benzene rings is 3. The molecule has 0 saturated heterocycles. The molecule has 36 heavy (non-hydrogen) atoms. The van der Waals surface area contributed by atoms with Crippen LogP contribution in [-0.2, 0) is 16.6 Å². The number of sulfonamides is 1. The number of anilines is 1. The fourth-order valence-corrected chi connectivity index (χ4v) is 4.50. The van der Waals surface area contributed by atoms with Gasteiger partial charge in [0, 0.05) is 25.2 Å². The molecule has 0 bridgehead atoms. The molecule has 3 rings (SSSR count). The smallest absolute Gasteiger partial charge is 0.251 e. The van der Waals surface area contributed by atoms with Gasteiger partial charge in [0.1, 0.15) is 10.6 Å². The molecule has 0 aliphatic heterocycles. The van der Waals surface area contributed by atoms with Crippen LogP contribution in [0, 0.1) is 0 Å². The van der Waals surface area contributed by atoms with Crippen LogP contribution < -0.4 is 20.1 Å². The van der Waals surface area contributed by atoms with Gasteiger partial charge in [-0.2, -0.15) is 0 Å². The first-order chi connectivity index (χ1) is 17.3. The zero-order chi connectivity index (χ0) is 26.0. The minimum Gasteiger partial charge on any atom is -0.454 e. The number of hydrogen-bond acceptors (Lipinski definition) is 5. The molecule has 0 spiro atoms. The Morgan fingerprint density at radius 3 is 2.06 bits per heavy atom. The third-order valence-electron chi connectivity index (χ3n) is 5.77. The maximum absolute atomic E-state index is 13.2. The van der Waals surface area contributed by atoms with Crippen LogP contribution in [0.2, 0.25) is 0 Å². The first kappa shape index (κ1) is 27.2. The molecule has 0 fully saturated rings. The van der Waals surface area contributed by atoms with Crippen LogP contribution in [0.4, 0.5) is 5.69 Å². The lowest BCUT2D eigenvalue weighted by Gasteiger charge is -2.28. The van der Waals surface area contributed by atoms with Crippen molar-refractivity contribution in [1.29, 1.82) is 0 Å². The summed E-state index contributed by atoms with van der Waals surface area (Å²) in [6.45, 7) is 5.91. The molecule has 8 heteroatoms. The van der Waals surface area contributed by atoms with E-state index >= 15 is 0 Å². The number of amides is 1. The van der Waals surface area contributed by atoms with Crippen molar-refractivity contribution in [2.75, 3.05) is 18.0 Å². The van der Waals surface area contributed by atoms with Gasteiger partial charge in [-0.15, -0.1) is 0 Å². The van der Waals surface area contributed by atoms with E-state index < -0.39 is 10.0 Å². The third kappa shape index (κ3) is 7.57. The number of ether oxygens (including phenoxy) is 1. The lowest BCUT2D eigenvalue weighted by atomic mass is 10.1. The molecule has 7 nitrogen and oxygen atoms in total. The Hall–Kier alpha value is -3.36. The number of unbranched alkanes of at least 4 members (excludes halogenated alkanes) is 2. The van der Waals surface area contributed by atoms with E-state index in [1.807, 2.05) is 48.5 Å². The minimum atomic E-state index is -4.21. The lowest BCUT2D eigenvalue weighted by molar-refractivity contribution is 0.0950. The minimum absolute atomic E-state index is 0.135. The Morgan fingerprint density at radius 1 is 0.917 bits per heavy atom. The van der Waals surface area contributed by atoms with Crippen molar-refractivity contribution in [2.24, 2.45) is 5.14 Å². The summed E-state index contributed by atoms with van der Waals surface area (Å²) in [4.78, 5) is 15.0. The molecule has 3 aromatic rings. The maximum Gasteiger partial charge on any atom is 0.251 e. The van der Waals surface area contributed by atoms with Gasteiger partial charge in [0.25, 0.3) is 5.91 Å². The number of nitrogens with two attached hydrogens (primary N) is 1. The summed E-state index contributed by atoms with van der Waals surface area (Å²) < 4.78 is 31.6. The van der Waals surface area contributed by atoms with Gasteiger partial charge >= 0.3 is 0 Å². The summed E-state index contributed by atoms with van der Waals surface area (Å²) in [7, 11) is -4.21. The first-order valence-corrected chi connectivity index (χ1v) is 13.9. The Bertz CT molecular complexity index is 1220. The predicted octanol–water partition coefficient (Wildman–Crippen LogP) is 5.46. The van der Waals surface area contributed by atoms with E-state index in [4.69, 9.17) is 9.88 Å². The molecule has 1 amide bonds. The Kier molecular flexibility index (Phi) is 9.90. The number of nitrogens with zero attached hydrogens (tertiary/aromatic N) is 1. The fourth-order valence-electron chi connectivity index (χ4n) is 3.80. The SMILES string of the molecule is CCCCN(CCCC)c1cc(C(=O)NCc2ccccc2)cc(S(N)(=O)=O)c1Oc1ccccc1. The quantitative estimate of drug-likeness (QED) is 0.318. The summed E-state index contributed by atoms with van der Waals surface area (Å²) in [5.74, 6) is 0.230. The van der Waals surface area contributed by atoms with Gasteiger partial charge in [0.15, 0.2) is 5.75 Å². The lowest BCUT2D eigenvalue weighted by Crippen LogP contribution is -2.28. The normalized spacial score (nSPS) is 11.2. The summed E-state index contributed by atoms with van der Waals surface area (Å²) in [5, 5.41) is 8.54. The van der Waals surface area contributed by atoms with E-state index in [-0.39, 0.29) is 22.1 Å². The number of carbonyl (C=O) groups is 1. The van der Waals surface area contributed by atoms with Crippen molar-refractivity contribution in [3.05, 3.63) is 83.9 Å². The van der Waals surface area contributed by atoms with E-state index in [0.717, 1.165) is 31.2 Å². The molecule has 0 radical (unpaired) electrons. The van der Waals surface area contributed by atoms with Crippen molar-refractivity contribution in [1.82, 2.24) is 5.32 Å². The van der Waals surface area contributed by atoms with Crippen LogP contribution in [0.5, 0.6) is 11.5 Å². The van der Waals surface area contributed by atoms with Gasteiger partial charge < -0.3 is 15.0 Å². The third-order valence-corrected chi connectivity index (χ3v) is 6.68. The molecule has 0 aromatic heterocycles. The largest absolute Gasteiger partial charge is 0.454 e. The van der Waals surface area contributed by atoms with Gasteiger partial charge in [-0.1, -0.05) is 75.2 Å². The van der Waals surface area contributed by atoms with Crippen LogP contribution in [-0.4, -0.2) is 27.4 Å². The van der Waals surface area contributed by atoms with E-state index in [0.29, 0.717) is 31.1 Å². The highest BCUT2D eigenvalue weighted by atomic mass is 32.2. The number of rotatable bonds is 13. The van der Waals surface area contributed by atoms with Gasteiger partial charge in [-0.3, -0.25) is 4.79 Å². The molecule has 192 valence electrons. The Labute approximate surface area is 214 Å². The highest BCUT2D eigenvalue weighted by Crippen LogP contribution is 2.39. The van der Waals surface area contributed by atoms with Crippen molar-refractivity contribution in [3.63, 3.8) is 0 Å². The summed E-state index contributed by atoms with van der Waals surface area (Å²) in [6.07, 6.45) is 3.75.